The fourth-order valence-corrected chi connectivity index (χ4v) is 3.19. The van der Waals surface area contributed by atoms with Crippen molar-refractivity contribution in [1.82, 2.24) is 5.32 Å². The molecular formula is C20H24N2O3. The Kier molecular flexibility index (Phi) is 4.79. The monoisotopic (exact) mass is 340 g/mol. The molecule has 2 aromatic rings. The van der Waals surface area contributed by atoms with E-state index in [1.54, 1.807) is 18.2 Å². The summed E-state index contributed by atoms with van der Waals surface area (Å²) in [4.78, 5) is 11.5. The number of primary amides is 1. The molecule has 132 valence electrons. The van der Waals surface area contributed by atoms with Crippen molar-refractivity contribution in [1.29, 1.82) is 0 Å². The minimum Gasteiger partial charge on any atom is -0.485 e. The fraction of sp³-hybridized carbons (Fsp3) is 0.350. The molecule has 5 heteroatoms. The predicted molar refractivity (Wildman–Crippen MR) is 96.6 cm³/mol. The van der Waals surface area contributed by atoms with E-state index in [0.29, 0.717) is 17.9 Å². The standard InChI is InChI=1S/C20H24N2O3/c1-20(2)18(23)17(22-11-10-13-6-4-3-5-7-13)15-12-14(19(21)24)8-9-16(15)25-20/h3-9,12,17-18,22-23H,10-11H2,1-2H3,(H2,21,24)/t17-,18?/m0/s1. The fourth-order valence-electron chi connectivity index (χ4n) is 3.19. The third-order valence-corrected chi connectivity index (χ3v) is 4.65. The van der Waals surface area contributed by atoms with Gasteiger partial charge in [-0.05, 0) is 50.6 Å². The first-order valence-corrected chi connectivity index (χ1v) is 8.46. The molecule has 0 saturated carbocycles. The van der Waals surface area contributed by atoms with Crippen LogP contribution in [-0.2, 0) is 6.42 Å². The van der Waals surface area contributed by atoms with Crippen molar-refractivity contribution in [3.63, 3.8) is 0 Å². The molecule has 3 rings (SSSR count). The summed E-state index contributed by atoms with van der Waals surface area (Å²) in [5.74, 6) is 0.169. The maximum atomic E-state index is 11.5. The van der Waals surface area contributed by atoms with E-state index >= 15 is 0 Å². The molecule has 1 heterocycles. The second-order valence-electron chi connectivity index (χ2n) is 6.93. The number of carbonyl (C=O) groups is 1. The van der Waals surface area contributed by atoms with Crippen LogP contribution in [0.3, 0.4) is 0 Å². The number of ether oxygens (including phenoxy) is 1. The zero-order valence-corrected chi connectivity index (χ0v) is 14.5. The maximum absolute atomic E-state index is 11.5. The van der Waals surface area contributed by atoms with Crippen molar-refractivity contribution >= 4 is 5.91 Å². The van der Waals surface area contributed by atoms with Gasteiger partial charge in [-0.2, -0.15) is 0 Å². The van der Waals surface area contributed by atoms with E-state index in [9.17, 15) is 9.90 Å². The van der Waals surface area contributed by atoms with Crippen molar-refractivity contribution in [3.8, 4) is 5.75 Å². The van der Waals surface area contributed by atoms with Crippen LogP contribution < -0.4 is 15.8 Å². The van der Waals surface area contributed by atoms with Gasteiger partial charge in [0, 0.05) is 11.1 Å². The van der Waals surface area contributed by atoms with Gasteiger partial charge < -0.3 is 20.9 Å². The summed E-state index contributed by atoms with van der Waals surface area (Å²) in [6, 6.07) is 14.9. The van der Waals surface area contributed by atoms with E-state index in [-0.39, 0.29) is 6.04 Å². The third-order valence-electron chi connectivity index (χ3n) is 4.65. The van der Waals surface area contributed by atoms with Gasteiger partial charge in [0.05, 0.1) is 6.04 Å². The van der Waals surface area contributed by atoms with E-state index in [1.165, 1.54) is 5.56 Å². The molecule has 0 bridgehead atoms. The Morgan fingerprint density at radius 2 is 1.96 bits per heavy atom. The highest BCUT2D eigenvalue weighted by molar-refractivity contribution is 5.93. The number of rotatable bonds is 5. The largest absolute Gasteiger partial charge is 0.485 e. The Balaban J connectivity index is 1.83. The van der Waals surface area contributed by atoms with Crippen molar-refractivity contribution in [2.24, 2.45) is 5.73 Å². The summed E-state index contributed by atoms with van der Waals surface area (Å²) in [6.45, 7) is 4.41. The summed E-state index contributed by atoms with van der Waals surface area (Å²) in [5.41, 5.74) is 7.05. The van der Waals surface area contributed by atoms with E-state index in [4.69, 9.17) is 10.5 Å². The molecule has 5 nitrogen and oxygen atoms in total. The van der Waals surface area contributed by atoms with Crippen molar-refractivity contribution in [2.45, 2.75) is 38.0 Å². The van der Waals surface area contributed by atoms with Gasteiger partial charge in [-0.25, -0.2) is 0 Å². The molecule has 25 heavy (non-hydrogen) atoms. The minimum atomic E-state index is -0.751. The first-order valence-electron chi connectivity index (χ1n) is 8.46. The summed E-state index contributed by atoms with van der Waals surface area (Å²) in [6.07, 6.45) is 0.0924. The zero-order valence-electron chi connectivity index (χ0n) is 14.5. The number of carbonyl (C=O) groups excluding carboxylic acids is 1. The van der Waals surface area contributed by atoms with Crippen LogP contribution in [0.15, 0.2) is 48.5 Å². The van der Waals surface area contributed by atoms with E-state index in [1.807, 2.05) is 32.0 Å². The minimum absolute atomic E-state index is 0.332. The number of nitrogens with two attached hydrogens (primary N) is 1. The molecule has 0 aliphatic carbocycles. The summed E-state index contributed by atoms with van der Waals surface area (Å²) < 4.78 is 5.92. The van der Waals surface area contributed by atoms with E-state index < -0.39 is 17.6 Å². The zero-order chi connectivity index (χ0) is 18.0. The van der Waals surface area contributed by atoms with Gasteiger partial charge in [0.25, 0.3) is 0 Å². The van der Waals surface area contributed by atoms with Gasteiger partial charge >= 0.3 is 0 Å². The van der Waals surface area contributed by atoms with Crippen LogP contribution in [-0.4, -0.2) is 29.3 Å². The van der Waals surface area contributed by atoms with Gasteiger partial charge in [-0.1, -0.05) is 30.3 Å². The summed E-state index contributed by atoms with van der Waals surface area (Å²) in [7, 11) is 0. The SMILES string of the molecule is CC1(C)Oc2ccc(C(N)=O)cc2[C@H](NCCc2ccccc2)C1O. The van der Waals surface area contributed by atoms with Crippen molar-refractivity contribution in [2.75, 3.05) is 6.54 Å². The number of nitrogens with one attached hydrogen (secondary N) is 1. The van der Waals surface area contributed by atoms with Crippen LogP contribution in [0.25, 0.3) is 0 Å². The van der Waals surface area contributed by atoms with Crippen LogP contribution in [0.1, 0.15) is 41.4 Å². The molecule has 0 radical (unpaired) electrons. The summed E-state index contributed by atoms with van der Waals surface area (Å²) >= 11 is 0. The number of benzene rings is 2. The maximum Gasteiger partial charge on any atom is 0.248 e. The number of aliphatic hydroxyl groups is 1. The van der Waals surface area contributed by atoms with Crippen LogP contribution in [0.2, 0.25) is 0 Å². The quantitative estimate of drug-likeness (QED) is 0.779. The lowest BCUT2D eigenvalue weighted by atomic mass is 9.85. The number of hydrogen-bond acceptors (Lipinski definition) is 4. The van der Waals surface area contributed by atoms with E-state index in [0.717, 1.165) is 12.0 Å². The van der Waals surface area contributed by atoms with Crippen molar-refractivity contribution < 1.29 is 14.6 Å². The Morgan fingerprint density at radius 1 is 1.24 bits per heavy atom. The molecule has 1 aliphatic rings. The van der Waals surface area contributed by atoms with E-state index in [2.05, 4.69) is 17.4 Å². The molecule has 4 N–H and O–H groups in total. The molecule has 1 unspecified atom stereocenters. The van der Waals surface area contributed by atoms with Crippen LogP contribution in [0.5, 0.6) is 5.75 Å². The van der Waals surface area contributed by atoms with Gasteiger partial charge in [0.2, 0.25) is 5.91 Å². The number of amides is 1. The molecule has 0 spiro atoms. The lowest BCUT2D eigenvalue weighted by molar-refractivity contribution is -0.0644. The highest BCUT2D eigenvalue weighted by Gasteiger charge is 2.42. The second kappa shape index (κ2) is 6.86. The average Bonchev–Trinajstić information content (AvgIpc) is 2.58. The lowest BCUT2D eigenvalue weighted by Crippen LogP contribution is -2.52. The topological polar surface area (TPSA) is 84.6 Å². The number of hydrogen-bond donors (Lipinski definition) is 3. The first-order chi connectivity index (χ1) is 11.9. The Bertz CT molecular complexity index is 759. The smallest absolute Gasteiger partial charge is 0.248 e. The second-order valence-corrected chi connectivity index (χ2v) is 6.93. The highest BCUT2D eigenvalue weighted by Crippen LogP contribution is 2.40. The Labute approximate surface area is 147 Å². The Morgan fingerprint density at radius 3 is 2.64 bits per heavy atom. The molecule has 0 saturated heterocycles. The van der Waals surface area contributed by atoms with Gasteiger partial charge in [-0.3, -0.25) is 4.79 Å². The molecule has 0 fully saturated rings. The first kappa shape index (κ1) is 17.5. The van der Waals surface area contributed by atoms with Gasteiger partial charge in [0.1, 0.15) is 17.5 Å². The normalized spacial score (nSPS) is 21.2. The molecule has 1 amide bonds. The van der Waals surface area contributed by atoms with Gasteiger partial charge in [0.15, 0.2) is 0 Å². The molecular weight excluding hydrogens is 316 g/mol. The Hall–Kier alpha value is -2.37. The number of fused-ring (bicyclic) bond motifs is 1. The molecule has 1 aliphatic heterocycles. The lowest BCUT2D eigenvalue weighted by Gasteiger charge is -2.42. The van der Waals surface area contributed by atoms with Crippen LogP contribution >= 0.6 is 0 Å². The molecule has 0 aromatic heterocycles. The highest BCUT2D eigenvalue weighted by atomic mass is 16.5. The van der Waals surface area contributed by atoms with Crippen LogP contribution in [0, 0.1) is 0 Å². The third kappa shape index (κ3) is 3.67. The molecule has 2 aromatic carbocycles. The summed E-state index contributed by atoms with van der Waals surface area (Å²) in [5, 5.41) is 14.2. The number of aliphatic hydroxyl groups excluding tert-OH is 1. The predicted octanol–water partition coefficient (Wildman–Crippen LogP) is 2.19. The average molecular weight is 340 g/mol. The van der Waals surface area contributed by atoms with Crippen LogP contribution in [0.4, 0.5) is 0 Å². The van der Waals surface area contributed by atoms with Gasteiger partial charge in [-0.15, -0.1) is 0 Å². The molecule has 2 atom stereocenters. The van der Waals surface area contributed by atoms with Crippen molar-refractivity contribution in [3.05, 3.63) is 65.2 Å².